The predicted octanol–water partition coefficient (Wildman–Crippen LogP) is 3.29. The first-order valence-electron chi connectivity index (χ1n) is 8.62. The average Bonchev–Trinajstić information content (AvgIpc) is 3.07. The van der Waals surface area contributed by atoms with Crippen molar-refractivity contribution in [2.45, 2.75) is 26.1 Å². The number of nitrogens with one attached hydrogen (secondary N) is 3. The molecule has 0 spiro atoms. The highest BCUT2D eigenvalue weighted by atomic mass is 19.1. The minimum atomic E-state index is -0.639. The zero-order valence-corrected chi connectivity index (χ0v) is 15.2. The lowest BCUT2D eigenvalue weighted by molar-refractivity contribution is 0.168. The van der Waals surface area contributed by atoms with E-state index in [-0.39, 0.29) is 12.1 Å². The smallest absolute Gasteiger partial charge is 0.153 e. The molecule has 0 saturated heterocycles. The van der Waals surface area contributed by atoms with Crippen molar-refractivity contribution in [2.24, 2.45) is 0 Å². The van der Waals surface area contributed by atoms with Gasteiger partial charge >= 0.3 is 0 Å². The Balaban J connectivity index is 1.76. The van der Waals surface area contributed by atoms with Gasteiger partial charge < -0.3 is 21.1 Å². The van der Waals surface area contributed by atoms with Gasteiger partial charge in [-0.3, -0.25) is 4.68 Å². The van der Waals surface area contributed by atoms with Crippen LogP contribution in [0.4, 0.5) is 26.1 Å². The molecule has 3 aromatic rings. The van der Waals surface area contributed by atoms with E-state index in [0.29, 0.717) is 29.4 Å². The van der Waals surface area contributed by atoms with Crippen LogP contribution < -0.4 is 10.6 Å². The van der Waals surface area contributed by atoms with Crippen LogP contribution in [0.1, 0.15) is 18.1 Å². The molecule has 146 valence electrons. The van der Waals surface area contributed by atoms with Gasteiger partial charge in [-0.25, -0.2) is 13.8 Å². The maximum Gasteiger partial charge on any atom is 0.153 e. The number of anilines is 3. The quantitative estimate of drug-likeness (QED) is 0.445. The molecule has 9 heteroatoms. The van der Waals surface area contributed by atoms with Crippen LogP contribution in [0.5, 0.6) is 0 Å². The molecule has 28 heavy (non-hydrogen) atoms. The third-order valence-electron chi connectivity index (χ3n) is 3.96. The van der Waals surface area contributed by atoms with E-state index in [9.17, 15) is 13.9 Å². The molecule has 1 aromatic carbocycles. The molecule has 0 bridgehead atoms. The van der Waals surface area contributed by atoms with Crippen LogP contribution in [-0.4, -0.2) is 32.2 Å². The number of aromatic nitrogens is 3. The van der Waals surface area contributed by atoms with Crippen molar-refractivity contribution in [3.05, 3.63) is 65.5 Å². The van der Waals surface area contributed by atoms with Gasteiger partial charge in [-0.1, -0.05) is 6.07 Å². The van der Waals surface area contributed by atoms with Crippen molar-refractivity contribution in [3.63, 3.8) is 0 Å². The number of hydrogen-bond donors (Lipinski definition) is 4. The minimum Gasteiger partial charge on any atom is -0.391 e. The van der Waals surface area contributed by atoms with Crippen LogP contribution in [0, 0.1) is 17.0 Å². The summed E-state index contributed by atoms with van der Waals surface area (Å²) in [6.07, 6.45) is 3.78. The Morgan fingerprint density at radius 2 is 2.00 bits per heavy atom. The lowest BCUT2D eigenvalue weighted by atomic mass is 10.1. The number of hydrogen-bond acceptors (Lipinski definition) is 6. The molecule has 0 amide bonds. The van der Waals surface area contributed by atoms with Crippen LogP contribution in [0.3, 0.4) is 0 Å². The monoisotopic (exact) mass is 386 g/mol. The summed E-state index contributed by atoms with van der Waals surface area (Å²) in [5.74, 6) is -0.300. The third kappa shape index (κ3) is 4.68. The molecular formula is C19H20F2N6O. The summed E-state index contributed by atoms with van der Waals surface area (Å²) in [4.78, 5) is 4.22. The number of aliphatic hydroxyl groups is 1. The summed E-state index contributed by atoms with van der Waals surface area (Å²) in [5.41, 5.74) is 0.891. The van der Waals surface area contributed by atoms with Crippen molar-refractivity contribution < 1.29 is 13.9 Å². The van der Waals surface area contributed by atoms with Gasteiger partial charge in [0, 0.05) is 54.1 Å². The first-order valence-corrected chi connectivity index (χ1v) is 8.62. The maximum atomic E-state index is 13.8. The van der Waals surface area contributed by atoms with Gasteiger partial charge in [-0.05, 0) is 19.1 Å². The second-order valence-electron chi connectivity index (χ2n) is 6.25. The molecule has 3 rings (SSSR count). The van der Waals surface area contributed by atoms with Crippen LogP contribution >= 0.6 is 0 Å². The first kappa shape index (κ1) is 19.4. The lowest BCUT2D eigenvalue weighted by Gasteiger charge is -2.12. The molecule has 0 aliphatic heterocycles. The van der Waals surface area contributed by atoms with Crippen molar-refractivity contribution in [3.8, 4) is 0 Å². The number of aliphatic hydroxyl groups excluding tert-OH is 1. The van der Waals surface area contributed by atoms with Gasteiger partial charge in [0.25, 0.3) is 0 Å². The van der Waals surface area contributed by atoms with Crippen molar-refractivity contribution in [1.82, 2.24) is 14.8 Å². The SMILES string of the molecule is CC(O)Cn1ccc(Nc2cc(NCc3c(F)cccc3F)c(C=N)cn2)n1. The van der Waals surface area contributed by atoms with Crippen LogP contribution in [0.15, 0.2) is 42.7 Å². The van der Waals surface area contributed by atoms with E-state index >= 15 is 0 Å². The van der Waals surface area contributed by atoms with E-state index in [4.69, 9.17) is 5.41 Å². The molecule has 0 aliphatic carbocycles. The Morgan fingerprint density at radius 1 is 1.25 bits per heavy atom. The molecule has 0 saturated carbocycles. The third-order valence-corrected chi connectivity index (χ3v) is 3.96. The highest BCUT2D eigenvalue weighted by Gasteiger charge is 2.10. The van der Waals surface area contributed by atoms with Gasteiger partial charge in [0.05, 0.1) is 12.6 Å². The highest BCUT2D eigenvalue weighted by molar-refractivity contribution is 5.86. The minimum absolute atomic E-state index is 0.0776. The molecular weight excluding hydrogens is 366 g/mol. The Labute approximate surface area is 160 Å². The Hall–Kier alpha value is -3.33. The van der Waals surface area contributed by atoms with Crippen LogP contribution in [0.25, 0.3) is 0 Å². The normalized spacial score (nSPS) is 11.9. The molecule has 0 fully saturated rings. The molecule has 0 radical (unpaired) electrons. The lowest BCUT2D eigenvalue weighted by Crippen LogP contribution is -2.12. The Bertz CT molecular complexity index is 953. The molecule has 0 aliphatic rings. The van der Waals surface area contributed by atoms with Gasteiger partial charge in [0.1, 0.15) is 17.5 Å². The number of rotatable bonds is 8. The van der Waals surface area contributed by atoms with E-state index in [1.54, 1.807) is 29.9 Å². The van der Waals surface area contributed by atoms with Crippen LogP contribution in [0.2, 0.25) is 0 Å². The molecule has 1 unspecified atom stereocenters. The Morgan fingerprint density at radius 3 is 2.68 bits per heavy atom. The van der Waals surface area contributed by atoms with E-state index in [1.165, 1.54) is 24.4 Å². The van der Waals surface area contributed by atoms with Gasteiger partial charge in [0.15, 0.2) is 5.82 Å². The van der Waals surface area contributed by atoms with E-state index in [2.05, 4.69) is 20.7 Å². The van der Waals surface area contributed by atoms with E-state index in [0.717, 1.165) is 6.21 Å². The van der Waals surface area contributed by atoms with E-state index < -0.39 is 17.7 Å². The summed E-state index contributed by atoms with van der Waals surface area (Å²) < 4.78 is 29.2. The summed E-state index contributed by atoms with van der Waals surface area (Å²) in [7, 11) is 0. The maximum absolute atomic E-state index is 13.8. The zero-order chi connectivity index (χ0) is 20.1. The van der Waals surface area contributed by atoms with Crippen LogP contribution in [-0.2, 0) is 13.1 Å². The van der Waals surface area contributed by atoms with E-state index in [1.807, 2.05) is 0 Å². The van der Waals surface area contributed by atoms with Gasteiger partial charge in [0.2, 0.25) is 0 Å². The Kier molecular flexibility index (Phi) is 5.95. The number of pyridine rings is 1. The standard InChI is InChI=1S/C19H20F2N6O/c1-12(28)11-27-6-5-18(26-27)25-19-7-17(13(8-22)9-24-19)23-10-14-15(20)3-2-4-16(14)21/h2-9,12,22,28H,10-11H2,1H3,(H2,23,24,25,26). The molecule has 7 nitrogen and oxygen atoms in total. The number of halogens is 2. The molecule has 2 heterocycles. The molecule has 2 aromatic heterocycles. The summed E-state index contributed by atoms with van der Waals surface area (Å²) >= 11 is 0. The van der Waals surface area contributed by atoms with Crippen molar-refractivity contribution in [1.29, 1.82) is 5.41 Å². The molecule has 4 N–H and O–H groups in total. The fraction of sp³-hybridized carbons (Fsp3) is 0.211. The van der Waals surface area contributed by atoms with Gasteiger partial charge in [-0.2, -0.15) is 5.10 Å². The molecule has 1 atom stereocenters. The predicted molar refractivity (Wildman–Crippen MR) is 103 cm³/mol. The largest absolute Gasteiger partial charge is 0.391 e. The summed E-state index contributed by atoms with van der Waals surface area (Å²) in [6, 6.07) is 7.06. The number of benzene rings is 1. The summed E-state index contributed by atoms with van der Waals surface area (Å²) in [5, 5.41) is 27.2. The van der Waals surface area contributed by atoms with Gasteiger partial charge in [-0.15, -0.1) is 0 Å². The number of nitrogens with zero attached hydrogens (tertiary/aromatic N) is 3. The van der Waals surface area contributed by atoms with Crippen molar-refractivity contribution in [2.75, 3.05) is 10.6 Å². The fourth-order valence-corrected chi connectivity index (χ4v) is 2.62. The van der Waals surface area contributed by atoms with Crippen molar-refractivity contribution >= 4 is 23.5 Å². The first-order chi connectivity index (χ1) is 13.5. The topological polar surface area (TPSA) is 98.8 Å². The summed E-state index contributed by atoms with van der Waals surface area (Å²) in [6.45, 7) is 1.96. The average molecular weight is 386 g/mol. The second-order valence-corrected chi connectivity index (χ2v) is 6.25. The second kappa shape index (κ2) is 8.57. The zero-order valence-electron chi connectivity index (χ0n) is 15.2. The fourth-order valence-electron chi connectivity index (χ4n) is 2.62. The highest BCUT2D eigenvalue weighted by Crippen LogP contribution is 2.22.